The molecule has 0 aromatic heterocycles. The van der Waals surface area contributed by atoms with Gasteiger partial charge in [-0.15, -0.1) is 0 Å². The summed E-state index contributed by atoms with van der Waals surface area (Å²) in [5.41, 5.74) is 2.02. The molecule has 26 heavy (non-hydrogen) atoms. The van der Waals surface area contributed by atoms with Gasteiger partial charge in [0.05, 0.1) is 22.6 Å². The van der Waals surface area contributed by atoms with E-state index in [-0.39, 0.29) is 28.6 Å². The molecule has 0 heterocycles. The Morgan fingerprint density at radius 1 is 1.15 bits per heavy atom. The van der Waals surface area contributed by atoms with E-state index in [1.807, 2.05) is 32.0 Å². The van der Waals surface area contributed by atoms with Gasteiger partial charge in [0.25, 0.3) is 0 Å². The number of aryl methyl sites for hydroxylation is 2. The Morgan fingerprint density at radius 3 is 2.58 bits per heavy atom. The summed E-state index contributed by atoms with van der Waals surface area (Å²) in [6.07, 6.45) is 0. The first kappa shape index (κ1) is 20.2. The maximum Gasteiger partial charge on any atom is 0.339 e. The summed E-state index contributed by atoms with van der Waals surface area (Å²) in [5, 5.41) is 0.119. The van der Waals surface area contributed by atoms with Gasteiger partial charge in [0.1, 0.15) is 12.4 Å². The van der Waals surface area contributed by atoms with Crippen molar-refractivity contribution in [3.05, 3.63) is 58.1 Å². The molecular weight excluding hydrogens is 378 g/mol. The van der Waals surface area contributed by atoms with Crippen molar-refractivity contribution >= 4 is 27.6 Å². The number of esters is 1. The summed E-state index contributed by atoms with van der Waals surface area (Å²) in [7, 11) is -2.61. The Hall–Kier alpha value is -2.09. The number of carbonyl (C=O) groups is 1. The minimum absolute atomic E-state index is 0.0105. The highest BCUT2D eigenvalue weighted by Gasteiger charge is 2.19. The minimum atomic E-state index is -3.81. The second kappa shape index (κ2) is 8.53. The zero-order valence-electron chi connectivity index (χ0n) is 14.7. The molecule has 0 spiro atoms. The molecule has 0 saturated carbocycles. The Kier molecular flexibility index (Phi) is 6.63. The maximum atomic E-state index is 12.4. The van der Waals surface area contributed by atoms with Crippen LogP contribution in [0.25, 0.3) is 0 Å². The number of nitrogens with one attached hydrogen (secondary N) is 1. The number of halogens is 1. The normalized spacial score (nSPS) is 11.2. The minimum Gasteiger partial charge on any atom is -0.492 e. The number of sulfonamides is 1. The molecule has 0 amide bonds. The number of hydrogen-bond acceptors (Lipinski definition) is 5. The Morgan fingerprint density at radius 2 is 1.88 bits per heavy atom. The highest BCUT2D eigenvalue weighted by Crippen LogP contribution is 2.21. The first-order chi connectivity index (χ1) is 12.2. The van der Waals surface area contributed by atoms with Crippen molar-refractivity contribution < 1.29 is 22.7 Å². The van der Waals surface area contributed by atoms with Gasteiger partial charge in [-0.2, -0.15) is 0 Å². The summed E-state index contributed by atoms with van der Waals surface area (Å²) < 4.78 is 37.4. The number of carbonyl (C=O) groups excluding carboxylic acids is 1. The van der Waals surface area contributed by atoms with Crippen molar-refractivity contribution in [3.63, 3.8) is 0 Å². The van der Waals surface area contributed by atoms with Crippen LogP contribution >= 0.6 is 11.6 Å². The molecule has 0 radical (unpaired) electrons. The third-order valence-corrected chi connectivity index (χ3v) is 5.44. The van der Waals surface area contributed by atoms with Gasteiger partial charge >= 0.3 is 5.97 Å². The second-order valence-electron chi connectivity index (χ2n) is 5.65. The van der Waals surface area contributed by atoms with Crippen molar-refractivity contribution in [2.24, 2.45) is 0 Å². The topological polar surface area (TPSA) is 81.7 Å². The van der Waals surface area contributed by atoms with Gasteiger partial charge in [-0.3, -0.25) is 0 Å². The predicted octanol–water partition coefficient (Wildman–Crippen LogP) is 3.10. The highest BCUT2D eigenvalue weighted by atomic mass is 35.5. The van der Waals surface area contributed by atoms with E-state index < -0.39 is 16.0 Å². The van der Waals surface area contributed by atoms with Crippen LogP contribution in [-0.4, -0.2) is 34.6 Å². The summed E-state index contributed by atoms with van der Waals surface area (Å²) in [6, 6.07) is 9.66. The lowest BCUT2D eigenvalue weighted by Gasteiger charge is -2.12. The SMILES string of the molecule is COC(=O)c1cc(S(=O)(=O)NCCOc2cc(C)ccc2C)ccc1Cl. The average molecular weight is 398 g/mol. The number of methoxy groups -OCH3 is 1. The summed E-state index contributed by atoms with van der Waals surface area (Å²) in [5.74, 6) is 0.00831. The average Bonchev–Trinajstić information content (AvgIpc) is 2.61. The number of ether oxygens (including phenoxy) is 2. The zero-order valence-corrected chi connectivity index (χ0v) is 16.3. The lowest BCUT2D eigenvalue weighted by molar-refractivity contribution is 0.0600. The fraction of sp³-hybridized carbons (Fsp3) is 0.278. The van der Waals surface area contributed by atoms with E-state index >= 15 is 0 Å². The molecule has 0 saturated heterocycles. The third kappa shape index (κ3) is 4.97. The van der Waals surface area contributed by atoms with Crippen LogP contribution in [-0.2, 0) is 14.8 Å². The van der Waals surface area contributed by atoms with Crippen LogP contribution in [0.3, 0.4) is 0 Å². The third-order valence-electron chi connectivity index (χ3n) is 3.65. The summed E-state index contributed by atoms with van der Waals surface area (Å²) in [4.78, 5) is 11.6. The van der Waals surface area contributed by atoms with Gasteiger partial charge in [0, 0.05) is 6.54 Å². The van der Waals surface area contributed by atoms with Crippen molar-refractivity contribution in [1.29, 1.82) is 0 Å². The van der Waals surface area contributed by atoms with Crippen LogP contribution in [0, 0.1) is 13.8 Å². The molecule has 2 rings (SSSR count). The molecular formula is C18H20ClNO5S. The molecule has 0 aliphatic rings. The smallest absolute Gasteiger partial charge is 0.339 e. The standard InChI is InChI=1S/C18H20ClNO5S/c1-12-4-5-13(2)17(10-12)25-9-8-20-26(22,23)14-6-7-16(19)15(11-14)18(21)24-3/h4-7,10-11,20H,8-9H2,1-3H3. The van der Waals surface area contributed by atoms with Crippen molar-refractivity contribution in [2.45, 2.75) is 18.7 Å². The van der Waals surface area contributed by atoms with E-state index in [1.54, 1.807) is 0 Å². The largest absolute Gasteiger partial charge is 0.492 e. The number of hydrogen-bond donors (Lipinski definition) is 1. The second-order valence-corrected chi connectivity index (χ2v) is 7.82. The Bertz CT molecular complexity index is 912. The van der Waals surface area contributed by atoms with Gasteiger partial charge in [-0.05, 0) is 49.2 Å². The zero-order chi connectivity index (χ0) is 19.3. The van der Waals surface area contributed by atoms with Gasteiger partial charge in [-0.25, -0.2) is 17.9 Å². The Balaban J connectivity index is 2.03. The number of benzene rings is 2. The molecule has 140 valence electrons. The van der Waals surface area contributed by atoms with Gasteiger partial charge < -0.3 is 9.47 Å². The maximum absolute atomic E-state index is 12.4. The molecule has 0 unspecified atom stereocenters. The lowest BCUT2D eigenvalue weighted by Crippen LogP contribution is -2.28. The molecule has 1 N–H and O–H groups in total. The van der Waals surface area contributed by atoms with E-state index in [9.17, 15) is 13.2 Å². The fourth-order valence-electron chi connectivity index (χ4n) is 2.22. The molecule has 0 fully saturated rings. The van der Waals surface area contributed by atoms with E-state index in [0.717, 1.165) is 11.1 Å². The molecule has 0 bridgehead atoms. The molecule has 0 aliphatic heterocycles. The number of rotatable bonds is 7. The van der Waals surface area contributed by atoms with E-state index in [2.05, 4.69) is 9.46 Å². The molecule has 6 nitrogen and oxygen atoms in total. The predicted molar refractivity (Wildman–Crippen MR) is 99.4 cm³/mol. The van der Waals surface area contributed by atoms with Crippen LogP contribution < -0.4 is 9.46 Å². The fourth-order valence-corrected chi connectivity index (χ4v) is 3.45. The molecule has 2 aromatic carbocycles. The monoisotopic (exact) mass is 397 g/mol. The summed E-state index contributed by atoms with van der Waals surface area (Å²) >= 11 is 5.91. The van der Waals surface area contributed by atoms with Crippen LogP contribution in [0.5, 0.6) is 5.75 Å². The van der Waals surface area contributed by atoms with E-state index in [1.165, 1.54) is 25.3 Å². The molecule has 8 heteroatoms. The molecule has 2 aromatic rings. The van der Waals surface area contributed by atoms with Crippen LogP contribution in [0.1, 0.15) is 21.5 Å². The van der Waals surface area contributed by atoms with Crippen LogP contribution in [0.15, 0.2) is 41.3 Å². The van der Waals surface area contributed by atoms with E-state index in [0.29, 0.717) is 5.75 Å². The molecule has 0 atom stereocenters. The lowest BCUT2D eigenvalue weighted by atomic mass is 10.1. The van der Waals surface area contributed by atoms with Crippen molar-refractivity contribution in [1.82, 2.24) is 4.72 Å². The first-order valence-electron chi connectivity index (χ1n) is 7.82. The van der Waals surface area contributed by atoms with Crippen LogP contribution in [0.2, 0.25) is 5.02 Å². The molecule has 0 aliphatic carbocycles. The van der Waals surface area contributed by atoms with Crippen molar-refractivity contribution in [3.8, 4) is 5.75 Å². The van der Waals surface area contributed by atoms with Gasteiger partial charge in [-0.1, -0.05) is 23.7 Å². The van der Waals surface area contributed by atoms with Crippen LogP contribution in [0.4, 0.5) is 0 Å². The summed E-state index contributed by atoms with van der Waals surface area (Å²) in [6.45, 7) is 4.11. The van der Waals surface area contributed by atoms with Crippen molar-refractivity contribution in [2.75, 3.05) is 20.3 Å². The Labute approximate surface area is 158 Å². The highest BCUT2D eigenvalue weighted by molar-refractivity contribution is 7.89. The van der Waals surface area contributed by atoms with Gasteiger partial charge in [0.15, 0.2) is 0 Å². The van der Waals surface area contributed by atoms with Gasteiger partial charge in [0.2, 0.25) is 10.0 Å². The first-order valence-corrected chi connectivity index (χ1v) is 9.68. The quantitative estimate of drug-likeness (QED) is 0.573. The van der Waals surface area contributed by atoms with E-state index in [4.69, 9.17) is 16.3 Å².